The Bertz CT molecular complexity index is 911. The van der Waals surface area contributed by atoms with Gasteiger partial charge in [0.1, 0.15) is 5.75 Å². The van der Waals surface area contributed by atoms with Gasteiger partial charge in [-0.1, -0.05) is 31.5 Å². The van der Waals surface area contributed by atoms with Gasteiger partial charge >= 0.3 is 0 Å². The van der Waals surface area contributed by atoms with Crippen molar-refractivity contribution >= 4 is 16.8 Å². The average Bonchev–Trinajstić information content (AvgIpc) is 3.18. The monoisotopic (exact) mass is 320 g/mol. The van der Waals surface area contributed by atoms with Crippen LogP contribution in [0.1, 0.15) is 35.7 Å². The van der Waals surface area contributed by atoms with E-state index in [4.69, 9.17) is 4.74 Å². The molecule has 4 heteroatoms. The van der Waals surface area contributed by atoms with Crippen molar-refractivity contribution in [2.24, 2.45) is 0 Å². The number of fused-ring (bicyclic) bond motifs is 2. The number of unbranched alkanes of at least 4 members (excludes halogenated alkanes) is 1. The molecule has 0 fully saturated rings. The Kier molecular flexibility index (Phi) is 3.73. The van der Waals surface area contributed by atoms with Crippen LogP contribution < -0.4 is 10.1 Å². The molecule has 1 aliphatic heterocycles. The molecule has 1 aromatic heterocycles. The van der Waals surface area contributed by atoms with Crippen molar-refractivity contribution in [1.29, 1.82) is 0 Å². The van der Waals surface area contributed by atoms with E-state index >= 15 is 0 Å². The average molecular weight is 320 g/mol. The zero-order chi connectivity index (χ0) is 16.5. The zero-order valence-electron chi connectivity index (χ0n) is 13.7. The van der Waals surface area contributed by atoms with Gasteiger partial charge in [-0.2, -0.15) is 0 Å². The number of hydrogen-bond acceptors (Lipinski definition) is 2. The van der Waals surface area contributed by atoms with E-state index in [0.29, 0.717) is 6.54 Å². The maximum absolute atomic E-state index is 12.1. The van der Waals surface area contributed by atoms with Gasteiger partial charge in [0.25, 0.3) is 5.91 Å². The summed E-state index contributed by atoms with van der Waals surface area (Å²) >= 11 is 0. The minimum Gasteiger partial charge on any atom is -0.494 e. The molecule has 4 rings (SSSR count). The Morgan fingerprint density at radius 2 is 2.08 bits per heavy atom. The van der Waals surface area contributed by atoms with Gasteiger partial charge in [-0.15, -0.1) is 0 Å². The maximum atomic E-state index is 12.1. The first-order valence-corrected chi connectivity index (χ1v) is 8.42. The van der Waals surface area contributed by atoms with Crippen LogP contribution in [0.15, 0.2) is 42.5 Å². The number of aromatic amines is 1. The third-order valence-corrected chi connectivity index (χ3v) is 4.47. The number of hydrogen-bond donors (Lipinski definition) is 2. The van der Waals surface area contributed by atoms with Crippen LogP contribution in [0.2, 0.25) is 0 Å². The van der Waals surface area contributed by atoms with Crippen molar-refractivity contribution in [3.05, 3.63) is 53.6 Å². The molecule has 2 heterocycles. The molecule has 0 saturated heterocycles. The van der Waals surface area contributed by atoms with Crippen LogP contribution in [0.3, 0.4) is 0 Å². The number of carbonyl (C=O) groups excluding carboxylic acids is 1. The fraction of sp³-hybridized carbons (Fsp3) is 0.250. The molecule has 3 aromatic rings. The van der Waals surface area contributed by atoms with Crippen molar-refractivity contribution in [2.75, 3.05) is 6.61 Å². The highest BCUT2D eigenvalue weighted by atomic mass is 16.5. The summed E-state index contributed by atoms with van der Waals surface area (Å²) in [4.78, 5) is 15.6. The summed E-state index contributed by atoms with van der Waals surface area (Å²) in [5.74, 6) is 0.889. The van der Waals surface area contributed by atoms with Crippen molar-refractivity contribution in [1.82, 2.24) is 10.3 Å². The summed E-state index contributed by atoms with van der Waals surface area (Å²) in [6.45, 7) is 3.50. The fourth-order valence-electron chi connectivity index (χ4n) is 3.18. The van der Waals surface area contributed by atoms with Crippen LogP contribution in [0.4, 0.5) is 0 Å². The number of carbonyl (C=O) groups is 1. The lowest BCUT2D eigenvalue weighted by Gasteiger charge is -2.04. The largest absolute Gasteiger partial charge is 0.494 e. The fourth-order valence-corrected chi connectivity index (χ4v) is 3.18. The molecule has 0 bridgehead atoms. The molecule has 122 valence electrons. The second-order valence-electron chi connectivity index (χ2n) is 6.16. The smallest absolute Gasteiger partial charge is 0.252 e. The Balaban J connectivity index is 1.71. The number of ether oxygens (including phenoxy) is 1. The van der Waals surface area contributed by atoms with Crippen molar-refractivity contribution < 1.29 is 9.53 Å². The Morgan fingerprint density at radius 3 is 2.96 bits per heavy atom. The van der Waals surface area contributed by atoms with E-state index in [1.54, 1.807) is 0 Å². The van der Waals surface area contributed by atoms with Gasteiger partial charge in [-0.05, 0) is 36.2 Å². The molecule has 4 nitrogen and oxygen atoms in total. The third kappa shape index (κ3) is 2.54. The minimum atomic E-state index is 0.00263. The lowest BCUT2D eigenvalue weighted by Crippen LogP contribution is -2.13. The summed E-state index contributed by atoms with van der Waals surface area (Å²) < 4.78 is 5.78. The number of rotatable bonds is 5. The van der Waals surface area contributed by atoms with Crippen molar-refractivity contribution in [3.63, 3.8) is 0 Å². The Hall–Kier alpha value is -2.75. The first-order valence-electron chi connectivity index (χ1n) is 8.42. The second kappa shape index (κ2) is 6.04. The third-order valence-electron chi connectivity index (χ3n) is 4.47. The van der Waals surface area contributed by atoms with Gasteiger partial charge in [-0.3, -0.25) is 4.79 Å². The number of nitrogens with one attached hydrogen (secondary N) is 2. The molecule has 0 spiro atoms. The minimum absolute atomic E-state index is 0.00263. The highest BCUT2D eigenvalue weighted by molar-refractivity contribution is 6.05. The van der Waals surface area contributed by atoms with E-state index in [1.165, 1.54) is 0 Å². The lowest BCUT2D eigenvalue weighted by atomic mass is 10.0. The number of aromatic nitrogens is 1. The van der Waals surface area contributed by atoms with Crippen LogP contribution >= 0.6 is 0 Å². The second-order valence-corrected chi connectivity index (χ2v) is 6.16. The normalized spacial score (nSPS) is 13.1. The van der Waals surface area contributed by atoms with Crippen LogP contribution in [0.5, 0.6) is 5.75 Å². The molecule has 0 radical (unpaired) electrons. The molecule has 1 aliphatic rings. The van der Waals surface area contributed by atoms with Crippen molar-refractivity contribution in [3.8, 4) is 17.0 Å². The van der Waals surface area contributed by atoms with Crippen LogP contribution in [-0.2, 0) is 6.54 Å². The van der Waals surface area contributed by atoms with E-state index in [9.17, 15) is 4.79 Å². The molecular weight excluding hydrogens is 300 g/mol. The molecule has 0 saturated carbocycles. The van der Waals surface area contributed by atoms with Gasteiger partial charge in [0.2, 0.25) is 0 Å². The first kappa shape index (κ1) is 14.8. The van der Waals surface area contributed by atoms with Gasteiger partial charge in [0.05, 0.1) is 12.2 Å². The lowest BCUT2D eigenvalue weighted by molar-refractivity contribution is 0.0966. The molecule has 0 atom stereocenters. The summed E-state index contributed by atoms with van der Waals surface area (Å²) in [6.07, 6.45) is 2.18. The SMILES string of the molecule is CCCCOc1ccc2[nH]c(-c3cccc4c3C(=O)NC4)cc2c1. The zero-order valence-corrected chi connectivity index (χ0v) is 13.7. The highest BCUT2D eigenvalue weighted by Gasteiger charge is 2.23. The highest BCUT2D eigenvalue weighted by Crippen LogP contribution is 2.32. The predicted octanol–water partition coefficient (Wildman–Crippen LogP) is 4.26. The molecule has 0 unspecified atom stereocenters. The van der Waals surface area contributed by atoms with Crippen LogP contribution in [0.25, 0.3) is 22.2 Å². The molecular formula is C20H20N2O2. The molecule has 0 aliphatic carbocycles. The number of H-pyrrole nitrogens is 1. The van der Waals surface area contributed by atoms with Gasteiger partial charge in [0, 0.05) is 28.7 Å². The van der Waals surface area contributed by atoms with Crippen molar-refractivity contribution in [2.45, 2.75) is 26.3 Å². The summed E-state index contributed by atoms with van der Waals surface area (Å²) in [7, 11) is 0. The number of amides is 1. The predicted molar refractivity (Wildman–Crippen MR) is 95.3 cm³/mol. The van der Waals surface area contributed by atoms with Crippen LogP contribution in [0, 0.1) is 0 Å². The maximum Gasteiger partial charge on any atom is 0.252 e. The quantitative estimate of drug-likeness (QED) is 0.690. The molecule has 1 amide bonds. The van der Waals surface area contributed by atoms with Gasteiger partial charge < -0.3 is 15.0 Å². The Labute approximate surface area is 140 Å². The molecule has 2 aromatic carbocycles. The van der Waals surface area contributed by atoms with Gasteiger partial charge in [0.15, 0.2) is 0 Å². The Morgan fingerprint density at radius 1 is 1.17 bits per heavy atom. The van der Waals surface area contributed by atoms with E-state index in [-0.39, 0.29) is 5.91 Å². The van der Waals surface area contributed by atoms with E-state index < -0.39 is 0 Å². The van der Waals surface area contributed by atoms with Crippen LogP contribution in [-0.4, -0.2) is 17.5 Å². The topological polar surface area (TPSA) is 54.1 Å². The number of benzene rings is 2. The summed E-state index contributed by atoms with van der Waals surface area (Å²) in [6, 6.07) is 14.1. The summed E-state index contributed by atoms with van der Waals surface area (Å²) in [5.41, 5.74) is 4.80. The van der Waals surface area contributed by atoms with E-state index in [2.05, 4.69) is 23.3 Å². The first-order chi connectivity index (χ1) is 11.8. The van der Waals surface area contributed by atoms with Gasteiger partial charge in [-0.25, -0.2) is 0 Å². The molecule has 2 N–H and O–H groups in total. The summed E-state index contributed by atoms with van der Waals surface area (Å²) in [5, 5.41) is 3.99. The van der Waals surface area contributed by atoms with E-state index in [1.807, 2.05) is 36.4 Å². The van der Waals surface area contributed by atoms with E-state index in [0.717, 1.165) is 58.5 Å². The standard InChI is InChI=1S/C20H20N2O2/c1-2-3-9-24-15-7-8-17-14(10-15)11-18(22-17)16-6-4-5-13-12-21-20(23)19(13)16/h4-8,10-11,22H,2-3,9,12H2,1H3,(H,21,23). The molecule has 24 heavy (non-hydrogen) atoms.